The smallest absolute Gasteiger partial charge is 0.171 e. The minimum absolute atomic E-state index is 0.826. The average molecular weight is 239 g/mol. The monoisotopic (exact) mass is 237 g/mol. The third-order valence-electron chi connectivity index (χ3n) is 0.607. The Morgan fingerprint density at radius 3 is 1.56 bits per heavy atom. The quantitative estimate of drug-likeness (QED) is 0.611. The van der Waals surface area contributed by atoms with Gasteiger partial charge in [-0.25, -0.2) is 0 Å². The van der Waals surface area contributed by atoms with E-state index in [9.17, 15) is 0 Å². The molecule has 1 aromatic rings. The van der Waals surface area contributed by atoms with E-state index >= 15 is 0 Å². The van der Waals surface area contributed by atoms with Gasteiger partial charge in [-0.05, 0) is 0 Å². The second-order valence-electron chi connectivity index (χ2n) is 1.15. The molecule has 0 atom stereocenters. The van der Waals surface area contributed by atoms with Gasteiger partial charge in [0.1, 0.15) is 0 Å². The van der Waals surface area contributed by atoms with Gasteiger partial charge in [-0.1, -0.05) is 0 Å². The Kier molecular flexibility index (Phi) is 9.34. The standard InChI is InChI=1S/C6H5.2ClH.Zr/c1-2-4-6-5-3-1;;;/h1-5H;2*1H;/q-1;;;+2/p-2. The van der Waals surface area contributed by atoms with Crippen LogP contribution in [0.3, 0.4) is 0 Å². The Morgan fingerprint density at radius 1 is 1.00 bits per heavy atom. The van der Waals surface area contributed by atoms with E-state index in [1.54, 1.807) is 0 Å². The van der Waals surface area contributed by atoms with Gasteiger partial charge in [0.2, 0.25) is 0 Å². The zero-order chi connectivity index (χ0) is 6.95. The van der Waals surface area contributed by atoms with Gasteiger partial charge in [-0.3, -0.25) is 0 Å². The van der Waals surface area contributed by atoms with Crippen LogP contribution >= 0.6 is 17.0 Å². The van der Waals surface area contributed by atoms with Crippen molar-refractivity contribution >= 4 is 17.0 Å². The first-order valence-electron chi connectivity index (χ1n) is 2.29. The minimum atomic E-state index is -0.826. The first-order chi connectivity index (χ1) is 4.41. The predicted molar refractivity (Wildman–Crippen MR) is 37.0 cm³/mol. The Labute approximate surface area is 73.8 Å². The molecule has 0 amide bonds. The van der Waals surface area contributed by atoms with Crippen LogP contribution in [-0.4, -0.2) is 0 Å². The van der Waals surface area contributed by atoms with Crippen LogP contribution in [0.2, 0.25) is 0 Å². The van der Waals surface area contributed by atoms with E-state index in [0.717, 1.165) is 0 Å². The van der Waals surface area contributed by atoms with E-state index in [1.807, 2.05) is 30.3 Å². The maximum absolute atomic E-state index is 4.93. The summed E-state index contributed by atoms with van der Waals surface area (Å²) in [5, 5.41) is 0. The van der Waals surface area contributed by atoms with Crippen molar-refractivity contribution in [2.24, 2.45) is 0 Å². The van der Waals surface area contributed by atoms with E-state index in [2.05, 4.69) is 6.07 Å². The topological polar surface area (TPSA) is 0 Å². The molecule has 0 bridgehead atoms. The van der Waals surface area contributed by atoms with Crippen molar-refractivity contribution in [1.82, 2.24) is 0 Å². The minimum Gasteiger partial charge on any atom is -0.184 e. The molecule has 0 saturated heterocycles. The fourth-order valence-corrected chi connectivity index (χ4v) is 0.342. The molecule has 0 aromatic heterocycles. The molecule has 0 heterocycles. The van der Waals surface area contributed by atoms with Gasteiger partial charge in [-0.15, -0.1) is 0 Å². The third-order valence-corrected chi connectivity index (χ3v) is 0.607. The van der Waals surface area contributed by atoms with Gasteiger partial charge in [0.05, 0.1) is 0 Å². The maximum Gasteiger partial charge on any atom is -0.171 e. The SMILES string of the molecule is [Cl][Zr][Cl].[c-]1ccccc1. The second-order valence-corrected chi connectivity index (χ2v) is 4.88. The van der Waals surface area contributed by atoms with Crippen molar-refractivity contribution < 1.29 is 20.8 Å². The van der Waals surface area contributed by atoms with Crippen molar-refractivity contribution in [2.45, 2.75) is 0 Å². The van der Waals surface area contributed by atoms with E-state index in [0.29, 0.717) is 0 Å². The Balaban J connectivity index is 0.000000187. The molecule has 0 radical (unpaired) electrons. The molecule has 0 N–H and O–H groups in total. The summed E-state index contributed by atoms with van der Waals surface area (Å²) in [6, 6.07) is 12.5. The van der Waals surface area contributed by atoms with Gasteiger partial charge in [0, 0.05) is 0 Å². The van der Waals surface area contributed by atoms with E-state index in [1.165, 1.54) is 0 Å². The predicted octanol–water partition coefficient (Wildman–Crippen LogP) is 2.86. The zero-order valence-corrected chi connectivity index (χ0v) is 8.61. The van der Waals surface area contributed by atoms with Gasteiger partial charge < -0.3 is 0 Å². The molecule has 48 valence electrons. The summed E-state index contributed by atoms with van der Waals surface area (Å²) in [7, 11) is 9.87. The fourth-order valence-electron chi connectivity index (χ4n) is 0.342. The third kappa shape index (κ3) is 8.68. The van der Waals surface area contributed by atoms with Gasteiger partial charge in [0.25, 0.3) is 0 Å². The van der Waals surface area contributed by atoms with E-state index in [4.69, 9.17) is 17.0 Å². The molecule has 1 aromatic carbocycles. The summed E-state index contributed by atoms with van der Waals surface area (Å²) in [5.74, 6) is 0. The van der Waals surface area contributed by atoms with Crippen LogP contribution < -0.4 is 0 Å². The average Bonchev–Trinajstić information content (AvgIpc) is 1.93. The molecule has 0 saturated carbocycles. The molecule has 0 aliphatic carbocycles. The van der Waals surface area contributed by atoms with Crippen molar-refractivity contribution in [3.8, 4) is 0 Å². The number of hydrogen-bond acceptors (Lipinski definition) is 0. The second kappa shape index (κ2) is 8.68. The Bertz CT molecular complexity index is 93.9. The van der Waals surface area contributed by atoms with Crippen LogP contribution in [0.4, 0.5) is 0 Å². The van der Waals surface area contributed by atoms with Crippen LogP contribution in [-0.2, 0) is 20.8 Å². The van der Waals surface area contributed by atoms with Crippen LogP contribution in [0.25, 0.3) is 0 Å². The summed E-state index contributed by atoms with van der Waals surface area (Å²) in [6.45, 7) is 0. The molecule has 0 aliphatic heterocycles. The molecular formula is C6H5Cl2Zr-. The summed E-state index contributed by atoms with van der Waals surface area (Å²) < 4.78 is 0. The van der Waals surface area contributed by atoms with Crippen LogP contribution in [0.5, 0.6) is 0 Å². The molecular weight excluding hydrogens is 234 g/mol. The van der Waals surface area contributed by atoms with Gasteiger partial charge in [0.15, 0.2) is 0 Å². The van der Waals surface area contributed by atoms with Gasteiger partial charge >= 0.3 is 37.9 Å². The summed E-state index contributed by atoms with van der Waals surface area (Å²) >= 11 is -0.826. The normalized spacial score (nSPS) is 6.89. The first kappa shape index (κ1) is 9.68. The molecule has 0 unspecified atom stereocenters. The van der Waals surface area contributed by atoms with Gasteiger partial charge in [-0.2, -0.15) is 36.4 Å². The van der Waals surface area contributed by atoms with Crippen LogP contribution in [0, 0.1) is 6.07 Å². The van der Waals surface area contributed by atoms with Crippen LogP contribution in [0.15, 0.2) is 30.3 Å². The Morgan fingerprint density at radius 2 is 1.44 bits per heavy atom. The number of benzene rings is 1. The zero-order valence-electron chi connectivity index (χ0n) is 4.64. The van der Waals surface area contributed by atoms with E-state index in [-0.39, 0.29) is 0 Å². The first-order valence-corrected chi connectivity index (χ1v) is 8.62. The van der Waals surface area contributed by atoms with Crippen molar-refractivity contribution in [2.75, 3.05) is 0 Å². The molecule has 0 spiro atoms. The molecule has 1 rings (SSSR count). The summed E-state index contributed by atoms with van der Waals surface area (Å²) in [5.41, 5.74) is 0. The fraction of sp³-hybridized carbons (Fsp3) is 0. The molecule has 0 aliphatic rings. The largest absolute Gasteiger partial charge is 0.184 e. The van der Waals surface area contributed by atoms with Crippen molar-refractivity contribution in [1.29, 1.82) is 0 Å². The maximum atomic E-state index is 4.93. The molecule has 9 heavy (non-hydrogen) atoms. The molecule has 3 heteroatoms. The molecule has 0 nitrogen and oxygen atoms in total. The van der Waals surface area contributed by atoms with Crippen molar-refractivity contribution in [3.05, 3.63) is 36.4 Å². The summed E-state index contributed by atoms with van der Waals surface area (Å²) in [6.07, 6.45) is 0. The van der Waals surface area contributed by atoms with Crippen LogP contribution in [0.1, 0.15) is 0 Å². The van der Waals surface area contributed by atoms with Crippen molar-refractivity contribution in [3.63, 3.8) is 0 Å². The van der Waals surface area contributed by atoms with E-state index < -0.39 is 20.8 Å². The number of hydrogen-bond donors (Lipinski definition) is 0. The molecule has 0 fully saturated rings. The number of halogens is 2. The number of rotatable bonds is 0. The summed E-state index contributed by atoms with van der Waals surface area (Å²) in [4.78, 5) is 0. The Hall–Kier alpha value is 0.683.